The van der Waals surface area contributed by atoms with E-state index in [-0.39, 0.29) is 0 Å². The minimum atomic E-state index is 0.486. The van der Waals surface area contributed by atoms with Crippen molar-refractivity contribution < 1.29 is 4.74 Å². The molecule has 0 spiro atoms. The second-order valence-corrected chi connectivity index (χ2v) is 10.0. The van der Waals surface area contributed by atoms with Gasteiger partial charge >= 0.3 is 0 Å². The zero-order chi connectivity index (χ0) is 22.4. The molecule has 2 aliphatic carbocycles. The van der Waals surface area contributed by atoms with Crippen LogP contribution in [0.1, 0.15) is 101 Å². The minimum Gasteiger partial charge on any atom is -0.378 e. The van der Waals surface area contributed by atoms with Gasteiger partial charge in [-0.25, -0.2) is 0 Å². The maximum absolute atomic E-state index is 8.49. The van der Waals surface area contributed by atoms with E-state index in [4.69, 9.17) is 10.00 Å². The number of unbranched alkanes of at least 4 members (excludes halogenated alkanes) is 1. The van der Waals surface area contributed by atoms with E-state index in [1.54, 1.807) is 0 Å². The van der Waals surface area contributed by atoms with Crippen molar-refractivity contribution in [3.05, 3.63) is 59.7 Å². The van der Waals surface area contributed by atoms with Crippen molar-refractivity contribution in [3.63, 3.8) is 0 Å². The first-order chi connectivity index (χ1) is 15.8. The van der Waals surface area contributed by atoms with E-state index in [2.05, 4.69) is 37.3 Å². The molecule has 0 heterocycles. The average Bonchev–Trinajstić information content (AvgIpc) is 2.85. The number of allylic oxidation sites excluding steroid dienone is 4. The fraction of sp³-hybridized carbons (Fsp3) is 0.633. The van der Waals surface area contributed by atoms with Crippen LogP contribution in [0.4, 0.5) is 0 Å². The van der Waals surface area contributed by atoms with Gasteiger partial charge in [0.05, 0.1) is 12.2 Å². The molecule has 0 amide bonds. The molecular formula is C30H43NO. The average molecular weight is 434 g/mol. The molecule has 1 aromatic rings. The van der Waals surface area contributed by atoms with Crippen LogP contribution in [0.5, 0.6) is 0 Å². The van der Waals surface area contributed by atoms with Crippen LogP contribution in [-0.2, 0) is 11.2 Å². The Kier molecular flexibility index (Phi) is 11.1. The summed E-state index contributed by atoms with van der Waals surface area (Å²) in [5.41, 5.74) is 3.03. The number of hydrogen-bond donors (Lipinski definition) is 0. The maximum Gasteiger partial charge on any atom is 0.0912 e. The van der Waals surface area contributed by atoms with Gasteiger partial charge in [0, 0.05) is 12.7 Å². The molecular weight excluding hydrogens is 390 g/mol. The number of hydrogen-bond acceptors (Lipinski definition) is 2. The summed E-state index contributed by atoms with van der Waals surface area (Å²) in [6.07, 6.45) is 24.6. The molecule has 0 N–H and O–H groups in total. The lowest BCUT2D eigenvalue weighted by Crippen LogP contribution is -2.25. The molecule has 2 saturated carbocycles. The zero-order valence-electron chi connectivity index (χ0n) is 20.2. The third-order valence-corrected chi connectivity index (χ3v) is 7.64. The van der Waals surface area contributed by atoms with Crippen LogP contribution >= 0.6 is 0 Å². The van der Waals surface area contributed by atoms with Crippen LogP contribution in [0.2, 0.25) is 0 Å². The molecule has 1 aromatic carbocycles. The third kappa shape index (κ3) is 8.59. The monoisotopic (exact) mass is 433 g/mol. The van der Waals surface area contributed by atoms with Gasteiger partial charge in [-0.2, -0.15) is 5.26 Å². The molecule has 2 heteroatoms. The first kappa shape index (κ1) is 24.8. The molecule has 0 bridgehead atoms. The lowest BCUT2D eigenvalue weighted by atomic mass is 9.80. The number of nitriles is 1. The van der Waals surface area contributed by atoms with E-state index < -0.39 is 0 Å². The Hall–Kier alpha value is -1.85. The van der Waals surface area contributed by atoms with Gasteiger partial charge < -0.3 is 4.74 Å². The smallest absolute Gasteiger partial charge is 0.0912 e. The number of aryl methyl sites for hydroxylation is 1. The van der Waals surface area contributed by atoms with Gasteiger partial charge in [0.25, 0.3) is 0 Å². The summed E-state index contributed by atoms with van der Waals surface area (Å²) in [4.78, 5) is 0. The van der Waals surface area contributed by atoms with Crippen molar-refractivity contribution >= 4 is 0 Å². The van der Waals surface area contributed by atoms with Gasteiger partial charge in [0.1, 0.15) is 0 Å². The van der Waals surface area contributed by atoms with Crippen molar-refractivity contribution in [2.24, 2.45) is 11.8 Å². The van der Waals surface area contributed by atoms with Crippen molar-refractivity contribution in [2.45, 2.75) is 102 Å². The van der Waals surface area contributed by atoms with Crippen LogP contribution in [0.3, 0.4) is 0 Å². The topological polar surface area (TPSA) is 33.0 Å². The van der Waals surface area contributed by atoms with E-state index in [9.17, 15) is 0 Å². The molecule has 2 nitrogen and oxygen atoms in total. The van der Waals surface area contributed by atoms with Gasteiger partial charge in [-0.3, -0.25) is 0 Å². The summed E-state index contributed by atoms with van der Waals surface area (Å²) in [7, 11) is 0. The predicted octanol–water partition coefficient (Wildman–Crippen LogP) is 8.29. The molecule has 3 rings (SSSR count). The molecule has 0 aliphatic heterocycles. The highest BCUT2D eigenvalue weighted by Gasteiger charge is 2.25. The van der Waals surface area contributed by atoms with Gasteiger partial charge in [-0.15, -0.1) is 0 Å². The summed E-state index contributed by atoms with van der Waals surface area (Å²) < 4.78 is 6.40. The van der Waals surface area contributed by atoms with E-state index in [1.807, 2.05) is 18.2 Å². The molecule has 174 valence electrons. The van der Waals surface area contributed by atoms with Crippen LogP contribution in [-0.4, -0.2) is 12.7 Å². The Morgan fingerprint density at radius 2 is 1.66 bits per heavy atom. The van der Waals surface area contributed by atoms with Crippen molar-refractivity contribution in [3.8, 4) is 6.07 Å². The molecule has 0 unspecified atom stereocenters. The minimum absolute atomic E-state index is 0.486. The first-order valence-corrected chi connectivity index (χ1v) is 13.2. The Morgan fingerprint density at radius 3 is 2.34 bits per heavy atom. The van der Waals surface area contributed by atoms with Gasteiger partial charge in [-0.1, -0.05) is 68.7 Å². The highest BCUT2D eigenvalue weighted by atomic mass is 16.5. The van der Waals surface area contributed by atoms with Crippen LogP contribution in [0.25, 0.3) is 0 Å². The van der Waals surface area contributed by atoms with Crippen LogP contribution in [0, 0.1) is 23.2 Å². The van der Waals surface area contributed by atoms with Crippen molar-refractivity contribution in [2.75, 3.05) is 6.61 Å². The number of benzene rings is 1. The quantitative estimate of drug-likeness (QED) is 0.260. The summed E-state index contributed by atoms with van der Waals surface area (Å²) in [5, 5.41) is 8.49. The molecule has 2 fully saturated rings. The predicted molar refractivity (Wildman–Crippen MR) is 135 cm³/mol. The SMILES string of the molecule is CCCCc1ccc(C2CCC(OCC3CCC(CCC=CC=CC#N)CC3)CC2)cc1. The Bertz CT molecular complexity index is 725. The maximum atomic E-state index is 8.49. The largest absolute Gasteiger partial charge is 0.378 e. The van der Waals surface area contributed by atoms with Crippen LogP contribution < -0.4 is 0 Å². The summed E-state index contributed by atoms with van der Waals surface area (Å²) in [6, 6.07) is 11.5. The Balaban J connectivity index is 1.28. The first-order valence-electron chi connectivity index (χ1n) is 13.2. The Labute approximate surface area is 196 Å². The lowest BCUT2D eigenvalue weighted by Gasteiger charge is -2.32. The fourth-order valence-electron chi connectivity index (χ4n) is 5.46. The van der Waals surface area contributed by atoms with E-state index in [0.717, 1.165) is 30.8 Å². The van der Waals surface area contributed by atoms with Crippen molar-refractivity contribution in [1.29, 1.82) is 5.26 Å². The van der Waals surface area contributed by atoms with E-state index in [0.29, 0.717) is 6.10 Å². The zero-order valence-corrected chi connectivity index (χ0v) is 20.2. The fourth-order valence-corrected chi connectivity index (χ4v) is 5.46. The molecule has 0 radical (unpaired) electrons. The highest BCUT2D eigenvalue weighted by molar-refractivity contribution is 5.26. The molecule has 0 atom stereocenters. The number of ether oxygens (including phenoxy) is 1. The second kappa shape index (κ2) is 14.3. The highest BCUT2D eigenvalue weighted by Crippen LogP contribution is 2.36. The molecule has 2 aliphatic rings. The van der Waals surface area contributed by atoms with Crippen molar-refractivity contribution in [1.82, 2.24) is 0 Å². The number of nitrogens with zero attached hydrogens (tertiary/aromatic N) is 1. The van der Waals surface area contributed by atoms with Crippen LogP contribution in [0.15, 0.2) is 48.6 Å². The summed E-state index contributed by atoms with van der Waals surface area (Å²) >= 11 is 0. The third-order valence-electron chi connectivity index (χ3n) is 7.64. The molecule has 32 heavy (non-hydrogen) atoms. The lowest BCUT2D eigenvalue weighted by molar-refractivity contribution is -0.00474. The Morgan fingerprint density at radius 1 is 0.938 bits per heavy atom. The normalized spacial score (nSPS) is 26.5. The van der Waals surface area contributed by atoms with Gasteiger partial charge in [0.15, 0.2) is 0 Å². The molecule has 0 aromatic heterocycles. The standard InChI is InChI=1S/C30H43NO/c1-2-3-9-25-15-17-28(18-16-25)29-19-21-30(22-20-29)32-24-27-13-11-26(12-14-27)10-7-5-4-6-8-23-31/h4-6,8,15-18,26-27,29-30H,2-3,7,9-14,19-22,24H2,1H3. The van der Waals surface area contributed by atoms with E-state index in [1.165, 1.54) is 94.3 Å². The van der Waals surface area contributed by atoms with Gasteiger partial charge in [0.2, 0.25) is 0 Å². The van der Waals surface area contributed by atoms with E-state index >= 15 is 0 Å². The molecule has 0 saturated heterocycles. The summed E-state index contributed by atoms with van der Waals surface area (Å²) in [5.74, 6) is 2.38. The second-order valence-electron chi connectivity index (χ2n) is 10.0. The number of rotatable bonds is 11. The summed E-state index contributed by atoms with van der Waals surface area (Å²) in [6.45, 7) is 3.24. The van der Waals surface area contributed by atoms with Gasteiger partial charge in [-0.05, 0) is 93.1 Å².